The van der Waals surface area contributed by atoms with Crippen molar-refractivity contribution >= 4 is 22.5 Å². The first kappa shape index (κ1) is 14.3. The molecule has 1 atom stereocenters. The van der Waals surface area contributed by atoms with E-state index in [0.717, 1.165) is 44.6 Å². The molecule has 1 fully saturated rings. The molecule has 6 heteroatoms. The summed E-state index contributed by atoms with van der Waals surface area (Å²) >= 11 is 1.49. The number of rotatable bonds is 5. The van der Waals surface area contributed by atoms with Gasteiger partial charge in [0.05, 0.1) is 5.69 Å². The van der Waals surface area contributed by atoms with Crippen LogP contribution < -0.4 is 10.6 Å². The maximum Gasteiger partial charge on any atom is 0.323 e. The van der Waals surface area contributed by atoms with E-state index in [-0.39, 0.29) is 12.1 Å². The van der Waals surface area contributed by atoms with Crippen LogP contribution in [0.15, 0.2) is 5.38 Å². The largest absolute Gasteiger partial charge is 0.324 e. The highest BCUT2D eigenvalue weighted by atomic mass is 32.1. The number of thiazole rings is 1. The van der Waals surface area contributed by atoms with Crippen molar-refractivity contribution < 1.29 is 4.79 Å². The first-order valence-corrected chi connectivity index (χ1v) is 7.83. The summed E-state index contributed by atoms with van der Waals surface area (Å²) in [6.45, 7) is 6.93. The van der Waals surface area contributed by atoms with Gasteiger partial charge in [-0.15, -0.1) is 11.3 Å². The Hall–Kier alpha value is -1.14. The maximum absolute atomic E-state index is 11.9. The molecule has 5 nitrogen and oxygen atoms in total. The topological polar surface area (TPSA) is 57.3 Å². The number of hydrogen-bond donors (Lipinski definition) is 2. The Morgan fingerprint density at radius 2 is 2.26 bits per heavy atom. The molecule has 19 heavy (non-hydrogen) atoms. The number of likely N-dealkylation sites (tertiary alicyclic amines) is 1. The van der Waals surface area contributed by atoms with E-state index in [2.05, 4.69) is 29.5 Å². The Kier molecular flexibility index (Phi) is 5.15. The summed E-state index contributed by atoms with van der Waals surface area (Å²) in [5, 5.41) is 8.97. The summed E-state index contributed by atoms with van der Waals surface area (Å²) in [5.74, 6) is 0. The van der Waals surface area contributed by atoms with Crippen molar-refractivity contribution in [2.75, 3.05) is 25.0 Å². The molecular formula is C13H22N4OS. The number of nitrogens with one attached hydrogen (secondary N) is 2. The zero-order valence-corrected chi connectivity index (χ0v) is 12.4. The lowest BCUT2D eigenvalue weighted by Crippen LogP contribution is -2.32. The van der Waals surface area contributed by atoms with E-state index in [9.17, 15) is 4.79 Å². The molecule has 0 bridgehead atoms. The van der Waals surface area contributed by atoms with Crippen molar-refractivity contribution in [2.24, 2.45) is 0 Å². The van der Waals surface area contributed by atoms with Crippen LogP contribution in [0.5, 0.6) is 0 Å². The molecule has 1 unspecified atom stereocenters. The van der Waals surface area contributed by atoms with Crippen LogP contribution in [0.1, 0.15) is 44.8 Å². The smallest absolute Gasteiger partial charge is 0.323 e. The molecule has 1 aliphatic heterocycles. The first-order valence-electron chi connectivity index (χ1n) is 6.95. The summed E-state index contributed by atoms with van der Waals surface area (Å²) in [7, 11) is 0. The van der Waals surface area contributed by atoms with E-state index in [1.54, 1.807) is 0 Å². The Balaban J connectivity index is 1.87. The Labute approximate surface area is 118 Å². The van der Waals surface area contributed by atoms with Gasteiger partial charge in [-0.2, -0.15) is 0 Å². The molecule has 0 spiro atoms. The van der Waals surface area contributed by atoms with E-state index < -0.39 is 0 Å². The predicted molar refractivity (Wildman–Crippen MR) is 78.6 cm³/mol. The van der Waals surface area contributed by atoms with Gasteiger partial charge in [-0.3, -0.25) is 5.32 Å². The highest BCUT2D eigenvalue weighted by Gasteiger charge is 2.19. The number of aromatic nitrogens is 1. The molecule has 1 aromatic heterocycles. The van der Waals surface area contributed by atoms with Crippen LogP contribution in [0.3, 0.4) is 0 Å². The number of carbonyl (C=O) groups is 1. The molecule has 2 N–H and O–H groups in total. The molecule has 0 aromatic carbocycles. The zero-order valence-electron chi connectivity index (χ0n) is 11.6. The lowest BCUT2D eigenvalue weighted by molar-refractivity contribution is 0.222. The summed E-state index contributed by atoms with van der Waals surface area (Å²) in [6.07, 6.45) is 3.32. The molecular weight excluding hydrogens is 260 g/mol. The van der Waals surface area contributed by atoms with E-state index in [0.29, 0.717) is 5.13 Å². The molecule has 1 aromatic rings. The van der Waals surface area contributed by atoms with Gasteiger partial charge in [0.2, 0.25) is 0 Å². The lowest BCUT2D eigenvalue weighted by atomic mass is 10.2. The molecule has 0 saturated carbocycles. The maximum atomic E-state index is 11.9. The average Bonchev–Trinajstić information content (AvgIpc) is 3.06. The fourth-order valence-corrected chi connectivity index (χ4v) is 2.89. The highest BCUT2D eigenvalue weighted by molar-refractivity contribution is 7.13. The third-order valence-electron chi connectivity index (χ3n) is 3.27. The number of nitrogens with zero attached hydrogens (tertiary/aromatic N) is 2. The number of anilines is 1. The van der Waals surface area contributed by atoms with Gasteiger partial charge in [-0.25, -0.2) is 9.78 Å². The summed E-state index contributed by atoms with van der Waals surface area (Å²) in [5.41, 5.74) is 0.996. The summed E-state index contributed by atoms with van der Waals surface area (Å²) in [6, 6.07) is 0.209. The second-order valence-electron chi connectivity index (χ2n) is 4.88. The summed E-state index contributed by atoms with van der Waals surface area (Å²) < 4.78 is 0. The highest BCUT2D eigenvalue weighted by Crippen LogP contribution is 2.21. The third kappa shape index (κ3) is 3.91. The van der Waals surface area contributed by atoms with Crippen molar-refractivity contribution in [3.05, 3.63) is 11.1 Å². The zero-order chi connectivity index (χ0) is 13.7. The van der Waals surface area contributed by atoms with Crippen molar-refractivity contribution in [1.82, 2.24) is 15.2 Å². The van der Waals surface area contributed by atoms with Gasteiger partial charge >= 0.3 is 6.03 Å². The SMILES string of the molecule is CCCNC(C)c1csc(NC(=O)N2CCCC2)n1. The van der Waals surface area contributed by atoms with Crippen LogP contribution in [0.2, 0.25) is 0 Å². The summed E-state index contributed by atoms with van der Waals surface area (Å²) in [4.78, 5) is 18.3. The van der Waals surface area contributed by atoms with Crippen LogP contribution >= 0.6 is 11.3 Å². The minimum absolute atomic E-state index is 0.0208. The monoisotopic (exact) mass is 282 g/mol. The van der Waals surface area contributed by atoms with Gasteiger partial charge in [0, 0.05) is 24.5 Å². The molecule has 2 amide bonds. The third-order valence-corrected chi connectivity index (χ3v) is 4.05. The minimum atomic E-state index is -0.0208. The second kappa shape index (κ2) is 6.86. The lowest BCUT2D eigenvalue weighted by Gasteiger charge is -2.14. The van der Waals surface area contributed by atoms with Gasteiger partial charge in [0.15, 0.2) is 5.13 Å². The van der Waals surface area contributed by atoms with E-state index in [1.165, 1.54) is 11.3 Å². The van der Waals surface area contributed by atoms with Crippen LogP contribution in [0, 0.1) is 0 Å². The van der Waals surface area contributed by atoms with E-state index in [4.69, 9.17) is 0 Å². The van der Waals surface area contributed by atoms with Crippen LogP contribution in [-0.4, -0.2) is 35.5 Å². The van der Waals surface area contributed by atoms with Crippen molar-refractivity contribution in [3.63, 3.8) is 0 Å². The fraction of sp³-hybridized carbons (Fsp3) is 0.692. The molecule has 1 saturated heterocycles. The second-order valence-corrected chi connectivity index (χ2v) is 5.74. The molecule has 0 aliphatic carbocycles. The number of amides is 2. The number of hydrogen-bond acceptors (Lipinski definition) is 4. The van der Waals surface area contributed by atoms with Gasteiger partial charge < -0.3 is 10.2 Å². The number of urea groups is 1. The number of carbonyl (C=O) groups excluding carboxylic acids is 1. The van der Waals surface area contributed by atoms with Crippen LogP contribution in [0.25, 0.3) is 0 Å². The van der Waals surface area contributed by atoms with Gasteiger partial charge in [0.1, 0.15) is 0 Å². The van der Waals surface area contributed by atoms with Crippen molar-refractivity contribution in [3.8, 4) is 0 Å². The molecule has 2 heterocycles. The Morgan fingerprint density at radius 3 is 2.95 bits per heavy atom. The van der Waals surface area contributed by atoms with Crippen molar-refractivity contribution in [1.29, 1.82) is 0 Å². The molecule has 2 rings (SSSR count). The van der Waals surface area contributed by atoms with E-state index >= 15 is 0 Å². The van der Waals surface area contributed by atoms with Crippen LogP contribution in [0.4, 0.5) is 9.93 Å². The quantitative estimate of drug-likeness (QED) is 0.873. The van der Waals surface area contributed by atoms with Gasteiger partial charge in [0.25, 0.3) is 0 Å². The van der Waals surface area contributed by atoms with Gasteiger partial charge in [-0.1, -0.05) is 6.92 Å². The normalized spacial score (nSPS) is 16.6. The first-order chi connectivity index (χ1) is 9.20. The standard InChI is InChI=1S/C13H22N4OS/c1-3-6-14-10(2)11-9-19-12(15-11)16-13(18)17-7-4-5-8-17/h9-10,14H,3-8H2,1-2H3,(H,15,16,18). The minimum Gasteiger partial charge on any atom is -0.324 e. The Morgan fingerprint density at radius 1 is 1.53 bits per heavy atom. The molecule has 1 aliphatic rings. The molecule has 106 valence electrons. The average molecular weight is 282 g/mol. The van der Waals surface area contributed by atoms with Crippen molar-refractivity contribution in [2.45, 2.75) is 39.2 Å². The Bertz CT molecular complexity index is 415. The van der Waals surface area contributed by atoms with Crippen LogP contribution in [-0.2, 0) is 0 Å². The van der Waals surface area contributed by atoms with Gasteiger partial charge in [-0.05, 0) is 32.7 Å². The predicted octanol–water partition coefficient (Wildman–Crippen LogP) is 2.83. The molecule has 0 radical (unpaired) electrons. The van der Waals surface area contributed by atoms with E-state index in [1.807, 2.05) is 10.3 Å². The fourth-order valence-electron chi connectivity index (χ4n) is 2.10.